The van der Waals surface area contributed by atoms with Crippen molar-refractivity contribution in [2.24, 2.45) is 5.73 Å². The van der Waals surface area contributed by atoms with E-state index in [0.29, 0.717) is 0 Å². The Balaban J connectivity index is 3.14. The first-order valence-electron chi connectivity index (χ1n) is 4.46. The molecular formula is C9H10Cl2N2O3. The fourth-order valence-corrected chi connectivity index (χ4v) is 1.33. The lowest BCUT2D eigenvalue weighted by Gasteiger charge is -2.12. The van der Waals surface area contributed by atoms with E-state index in [9.17, 15) is 10.1 Å². The minimum atomic E-state index is -0.583. The maximum Gasteiger partial charge on any atom is 0.312 e. The molecule has 1 atom stereocenters. The van der Waals surface area contributed by atoms with Crippen LogP contribution in [0, 0.1) is 10.1 Å². The van der Waals surface area contributed by atoms with E-state index in [1.807, 2.05) is 0 Å². The van der Waals surface area contributed by atoms with Gasteiger partial charge in [0, 0.05) is 18.7 Å². The zero-order valence-electron chi connectivity index (χ0n) is 8.44. The van der Waals surface area contributed by atoms with Crippen LogP contribution >= 0.6 is 23.2 Å². The topological polar surface area (TPSA) is 78.4 Å². The molecule has 1 aromatic carbocycles. The second-order valence-electron chi connectivity index (χ2n) is 3.16. The van der Waals surface area contributed by atoms with Crippen LogP contribution in [0.5, 0.6) is 5.75 Å². The quantitative estimate of drug-likeness (QED) is 0.670. The Bertz CT molecular complexity index is 412. The first kappa shape index (κ1) is 13.0. The number of ether oxygens (including phenoxy) is 1. The Hall–Kier alpha value is -1.04. The van der Waals surface area contributed by atoms with Crippen LogP contribution in [0.3, 0.4) is 0 Å². The molecule has 0 aliphatic heterocycles. The highest BCUT2D eigenvalue weighted by molar-refractivity contribution is 6.42. The molecule has 0 amide bonds. The van der Waals surface area contributed by atoms with E-state index in [1.54, 1.807) is 6.92 Å². The molecule has 1 unspecified atom stereocenters. The maximum atomic E-state index is 10.7. The molecule has 0 heterocycles. The van der Waals surface area contributed by atoms with Crippen molar-refractivity contribution in [3.05, 3.63) is 32.3 Å². The van der Waals surface area contributed by atoms with Crippen molar-refractivity contribution >= 4 is 28.9 Å². The molecule has 16 heavy (non-hydrogen) atoms. The molecular weight excluding hydrogens is 255 g/mol. The Morgan fingerprint density at radius 1 is 1.50 bits per heavy atom. The predicted molar refractivity (Wildman–Crippen MR) is 62.3 cm³/mol. The SMILES string of the molecule is CC(CN)Oc1cc(Cl)c(Cl)cc1[N+](=O)[O-]. The molecule has 0 aliphatic carbocycles. The molecule has 0 saturated heterocycles. The number of nitro benzene ring substituents is 1. The van der Waals surface area contributed by atoms with Gasteiger partial charge in [-0.3, -0.25) is 10.1 Å². The van der Waals surface area contributed by atoms with Crippen LogP contribution in [0.4, 0.5) is 5.69 Å². The third kappa shape index (κ3) is 2.98. The van der Waals surface area contributed by atoms with Crippen molar-refractivity contribution in [1.29, 1.82) is 0 Å². The van der Waals surface area contributed by atoms with Gasteiger partial charge in [0.15, 0.2) is 5.75 Å². The fraction of sp³-hybridized carbons (Fsp3) is 0.333. The van der Waals surface area contributed by atoms with Crippen LogP contribution in [0.15, 0.2) is 12.1 Å². The van der Waals surface area contributed by atoms with Crippen LogP contribution in [0.2, 0.25) is 10.0 Å². The average molecular weight is 265 g/mol. The van der Waals surface area contributed by atoms with E-state index < -0.39 is 4.92 Å². The van der Waals surface area contributed by atoms with Gasteiger partial charge in [-0.05, 0) is 6.92 Å². The monoisotopic (exact) mass is 264 g/mol. The van der Waals surface area contributed by atoms with Crippen LogP contribution in [0.25, 0.3) is 0 Å². The lowest BCUT2D eigenvalue weighted by Crippen LogP contribution is -2.23. The normalized spacial score (nSPS) is 12.2. The van der Waals surface area contributed by atoms with Crippen LogP contribution in [0.1, 0.15) is 6.92 Å². The third-order valence-corrected chi connectivity index (χ3v) is 2.58. The number of hydrogen-bond acceptors (Lipinski definition) is 4. The van der Waals surface area contributed by atoms with Gasteiger partial charge in [0.25, 0.3) is 0 Å². The maximum absolute atomic E-state index is 10.7. The number of benzene rings is 1. The van der Waals surface area contributed by atoms with Gasteiger partial charge in [-0.15, -0.1) is 0 Å². The fourth-order valence-electron chi connectivity index (χ4n) is 1.02. The summed E-state index contributed by atoms with van der Waals surface area (Å²) in [5, 5.41) is 11.1. The van der Waals surface area contributed by atoms with Gasteiger partial charge < -0.3 is 10.5 Å². The van der Waals surface area contributed by atoms with Gasteiger partial charge in [-0.1, -0.05) is 23.2 Å². The minimum absolute atomic E-state index is 0.0670. The Morgan fingerprint density at radius 3 is 2.56 bits per heavy atom. The van der Waals surface area contributed by atoms with E-state index in [2.05, 4.69) is 0 Å². The molecule has 5 nitrogen and oxygen atoms in total. The molecule has 0 spiro atoms. The molecule has 88 valence electrons. The highest BCUT2D eigenvalue weighted by Crippen LogP contribution is 2.36. The number of nitrogens with two attached hydrogens (primary N) is 1. The lowest BCUT2D eigenvalue weighted by molar-refractivity contribution is -0.386. The van der Waals surface area contributed by atoms with Crippen molar-refractivity contribution in [3.63, 3.8) is 0 Å². The second kappa shape index (κ2) is 5.34. The number of halogens is 2. The summed E-state index contributed by atoms with van der Waals surface area (Å²) in [7, 11) is 0. The molecule has 7 heteroatoms. The van der Waals surface area contributed by atoms with E-state index in [1.165, 1.54) is 6.07 Å². The highest BCUT2D eigenvalue weighted by Gasteiger charge is 2.19. The molecule has 1 aromatic rings. The van der Waals surface area contributed by atoms with Crippen LogP contribution in [-0.4, -0.2) is 17.6 Å². The molecule has 0 fully saturated rings. The number of hydrogen-bond donors (Lipinski definition) is 1. The molecule has 0 aliphatic rings. The van der Waals surface area contributed by atoms with Crippen molar-refractivity contribution in [2.45, 2.75) is 13.0 Å². The summed E-state index contributed by atoms with van der Waals surface area (Å²) >= 11 is 11.4. The number of nitro groups is 1. The largest absolute Gasteiger partial charge is 0.482 e. The van der Waals surface area contributed by atoms with Crippen molar-refractivity contribution in [3.8, 4) is 5.75 Å². The zero-order valence-corrected chi connectivity index (χ0v) is 9.96. The summed E-state index contributed by atoms with van der Waals surface area (Å²) in [6, 6.07) is 2.47. The van der Waals surface area contributed by atoms with E-state index in [0.717, 1.165) is 6.07 Å². The van der Waals surface area contributed by atoms with E-state index in [4.69, 9.17) is 33.7 Å². The first-order valence-corrected chi connectivity index (χ1v) is 5.21. The lowest BCUT2D eigenvalue weighted by atomic mass is 10.3. The van der Waals surface area contributed by atoms with Crippen LogP contribution < -0.4 is 10.5 Å². The van der Waals surface area contributed by atoms with Gasteiger partial charge >= 0.3 is 5.69 Å². The molecule has 0 saturated carbocycles. The highest BCUT2D eigenvalue weighted by atomic mass is 35.5. The summed E-state index contributed by atoms with van der Waals surface area (Å²) < 4.78 is 5.28. The van der Waals surface area contributed by atoms with Gasteiger partial charge in [0.2, 0.25) is 0 Å². The Labute approximate surface area is 102 Å². The summed E-state index contributed by atoms with van der Waals surface area (Å²) in [4.78, 5) is 10.2. The first-order chi connectivity index (χ1) is 7.45. The zero-order chi connectivity index (χ0) is 12.3. The number of nitrogens with zero attached hydrogens (tertiary/aromatic N) is 1. The van der Waals surface area contributed by atoms with Gasteiger partial charge in [0.05, 0.1) is 15.0 Å². The van der Waals surface area contributed by atoms with Gasteiger partial charge in [0.1, 0.15) is 6.10 Å². The summed E-state index contributed by atoms with van der Waals surface area (Å²) in [6.45, 7) is 1.95. The van der Waals surface area contributed by atoms with Crippen molar-refractivity contribution in [1.82, 2.24) is 0 Å². The third-order valence-electron chi connectivity index (χ3n) is 1.86. The Kier molecular flexibility index (Phi) is 4.35. The predicted octanol–water partition coefficient (Wildman–Crippen LogP) is 2.63. The summed E-state index contributed by atoms with van der Waals surface area (Å²) in [6.07, 6.45) is -0.337. The minimum Gasteiger partial charge on any atom is -0.482 e. The average Bonchev–Trinajstić information content (AvgIpc) is 2.22. The van der Waals surface area contributed by atoms with Crippen molar-refractivity contribution < 1.29 is 9.66 Å². The summed E-state index contributed by atoms with van der Waals surface area (Å²) in [5.41, 5.74) is 5.13. The molecule has 0 radical (unpaired) electrons. The Morgan fingerprint density at radius 2 is 2.06 bits per heavy atom. The van der Waals surface area contributed by atoms with Gasteiger partial charge in [-0.25, -0.2) is 0 Å². The molecule has 2 N–H and O–H groups in total. The van der Waals surface area contributed by atoms with Crippen LogP contribution in [-0.2, 0) is 0 Å². The van der Waals surface area contributed by atoms with E-state index >= 15 is 0 Å². The number of rotatable bonds is 4. The molecule has 0 bridgehead atoms. The molecule has 0 aromatic heterocycles. The van der Waals surface area contributed by atoms with Crippen molar-refractivity contribution in [2.75, 3.05) is 6.54 Å². The van der Waals surface area contributed by atoms with Gasteiger partial charge in [-0.2, -0.15) is 0 Å². The molecule has 1 rings (SSSR count). The second-order valence-corrected chi connectivity index (χ2v) is 3.97. The van der Waals surface area contributed by atoms with E-state index in [-0.39, 0.29) is 34.1 Å². The standard InChI is InChI=1S/C9H10Cl2N2O3/c1-5(4-12)16-9-3-7(11)6(10)2-8(9)13(14)15/h2-3,5H,4,12H2,1H3. The smallest absolute Gasteiger partial charge is 0.312 e. The summed E-state index contributed by atoms with van der Waals surface area (Å²) in [5.74, 6) is 0.0670.